The molecule has 4 aromatic rings. The third-order valence-electron chi connectivity index (χ3n) is 5.36. The maximum absolute atomic E-state index is 12.7. The molecule has 0 aliphatic heterocycles. The minimum absolute atomic E-state index is 0.0488. The monoisotopic (exact) mass is 568 g/mol. The van der Waals surface area contributed by atoms with Gasteiger partial charge in [-0.1, -0.05) is 30.3 Å². The van der Waals surface area contributed by atoms with Crippen LogP contribution >= 0.6 is 15.9 Å². The van der Waals surface area contributed by atoms with E-state index in [1.807, 2.05) is 36.4 Å². The van der Waals surface area contributed by atoms with Crippen LogP contribution in [0.3, 0.4) is 0 Å². The molecule has 2 heterocycles. The maximum Gasteiger partial charge on any atom is 0.329 e. The smallest absolute Gasteiger partial charge is 0.329 e. The molecular formula is C25H25BrN6O5. The van der Waals surface area contributed by atoms with E-state index in [0.717, 1.165) is 5.56 Å². The van der Waals surface area contributed by atoms with Crippen molar-refractivity contribution in [1.82, 2.24) is 19.1 Å². The zero-order valence-electron chi connectivity index (χ0n) is 20.1. The zero-order chi connectivity index (χ0) is 26.4. The van der Waals surface area contributed by atoms with E-state index >= 15 is 0 Å². The lowest BCUT2D eigenvalue weighted by atomic mass is 10.2. The van der Waals surface area contributed by atoms with Gasteiger partial charge in [-0.25, -0.2) is 10.2 Å². The van der Waals surface area contributed by atoms with E-state index in [-0.39, 0.29) is 30.3 Å². The average Bonchev–Trinajstić information content (AvgIpc) is 3.25. The summed E-state index contributed by atoms with van der Waals surface area (Å²) in [6, 6.07) is 16.6. The van der Waals surface area contributed by atoms with Crippen molar-refractivity contribution in [3.63, 3.8) is 0 Å². The molecule has 0 saturated heterocycles. The Bertz CT molecular complexity index is 1540. The molecular weight excluding hydrogens is 544 g/mol. The van der Waals surface area contributed by atoms with Gasteiger partial charge in [0.15, 0.2) is 11.2 Å². The first-order valence-electron chi connectivity index (χ1n) is 11.2. The minimum atomic E-state index is -1.01. The van der Waals surface area contributed by atoms with Gasteiger partial charge in [-0.15, -0.1) is 0 Å². The standard InChI is InChI=1S/C25H25BrN6O5/c1-31-22-21(23(34)29-25(31)35)32(14-18(33)15-37-20-10-8-19(36-2)9-11-20)24(28-22)30-27-13-17(26)12-16-6-4-3-5-7-16/h3-13,18,33H,14-15H2,1-2H3,(H,28,30)(H,29,34,35)/b17-12-,27-13-/t18-/m1/s1. The Morgan fingerprint density at radius 2 is 1.89 bits per heavy atom. The number of hydrazone groups is 1. The predicted octanol–water partition coefficient (Wildman–Crippen LogP) is 2.71. The van der Waals surface area contributed by atoms with Gasteiger partial charge in [0.1, 0.15) is 24.2 Å². The number of hydrogen-bond donors (Lipinski definition) is 3. The fourth-order valence-corrected chi connectivity index (χ4v) is 3.89. The normalized spacial score (nSPS) is 12.7. The number of allylic oxidation sites excluding steroid dienone is 1. The van der Waals surface area contributed by atoms with Gasteiger partial charge in [-0.2, -0.15) is 10.1 Å². The number of ether oxygens (including phenoxy) is 2. The van der Waals surface area contributed by atoms with Crippen molar-refractivity contribution in [1.29, 1.82) is 0 Å². The van der Waals surface area contributed by atoms with Gasteiger partial charge >= 0.3 is 5.69 Å². The second-order valence-electron chi connectivity index (χ2n) is 7.99. The number of aliphatic hydroxyl groups is 1. The maximum atomic E-state index is 12.7. The van der Waals surface area contributed by atoms with Crippen molar-refractivity contribution in [3.8, 4) is 11.5 Å². The van der Waals surface area contributed by atoms with Crippen LogP contribution in [-0.2, 0) is 13.6 Å². The highest BCUT2D eigenvalue weighted by molar-refractivity contribution is 9.12. The molecule has 0 aliphatic carbocycles. The first-order valence-corrected chi connectivity index (χ1v) is 12.0. The van der Waals surface area contributed by atoms with Crippen LogP contribution < -0.4 is 26.1 Å². The van der Waals surface area contributed by atoms with Crippen molar-refractivity contribution in [3.05, 3.63) is 85.5 Å². The number of benzene rings is 2. The Hall–Kier alpha value is -4.16. The quantitative estimate of drug-likeness (QED) is 0.197. The number of anilines is 1. The molecule has 192 valence electrons. The number of aliphatic hydroxyl groups excluding tert-OH is 1. The molecule has 37 heavy (non-hydrogen) atoms. The summed E-state index contributed by atoms with van der Waals surface area (Å²) in [5.74, 6) is 1.40. The lowest BCUT2D eigenvalue weighted by molar-refractivity contribution is 0.0938. The van der Waals surface area contributed by atoms with E-state index < -0.39 is 17.4 Å². The molecule has 0 amide bonds. The number of nitrogens with one attached hydrogen (secondary N) is 2. The third-order valence-corrected chi connectivity index (χ3v) is 5.79. The number of methoxy groups -OCH3 is 1. The van der Waals surface area contributed by atoms with E-state index in [9.17, 15) is 14.7 Å². The van der Waals surface area contributed by atoms with Crippen LogP contribution in [0.2, 0.25) is 0 Å². The third kappa shape index (κ3) is 6.35. The van der Waals surface area contributed by atoms with Gasteiger partial charge in [0.25, 0.3) is 5.56 Å². The lowest BCUT2D eigenvalue weighted by Gasteiger charge is -2.15. The molecule has 2 aromatic heterocycles. The second kappa shape index (κ2) is 11.7. The van der Waals surface area contributed by atoms with Gasteiger partial charge in [-0.05, 0) is 51.8 Å². The first kappa shape index (κ1) is 25.9. The fraction of sp³-hybridized carbons (Fsp3) is 0.200. The van der Waals surface area contributed by atoms with E-state index in [4.69, 9.17) is 9.47 Å². The van der Waals surface area contributed by atoms with Crippen molar-refractivity contribution < 1.29 is 14.6 Å². The Morgan fingerprint density at radius 3 is 2.59 bits per heavy atom. The number of H-pyrrole nitrogens is 1. The lowest BCUT2D eigenvalue weighted by Crippen LogP contribution is -2.30. The Kier molecular flexibility index (Phi) is 8.21. The minimum Gasteiger partial charge on any atom is -0.497 e. The summed E-state index contributed by atoms with van der Waals surface area (Å²) in [6.45, 7) is -0.101. The summed E-state index contributed by atoms with van der Waals surface area (Å²) in [4.78, 5) is 31.4. The second-order valence-corrected chi connectivity index (χ2v) is 8.90. The predicted molar refractivity (Wildman–Crippen MR) is 146 cm³/mol. The highest BCUT2D eigenvalue weighted by Gasteiger charge is 2.20. The molecule has 0 aliphatic rings. The highest BCUT2D eigenvalue weighted by Crippen LogP contribution is 2.19. The topological polar surface area (TPSA) is 136 Å². The number of halogens is 1. The zero-order valence-corrected chi connectivity index (χ0v) is 21.7. The van der Waals surface area contributed by atoms with Crippen LogP contribution in [0, 0.1) is 0 Å². The van der Waals surface area contributed by atoms with Gasteiger partial charge in [0.2, 0.25) is 5.95 Å². The summed E-state index contributed by atoms with van der Waals surface area (Å²) in [5.41, 5.74) is 2.81. The van der Waals surface area contributed by atoms with Crippen LogP contribution in [-0.4, -0.2) is 50.2 Å². The molecule has 0 radical (unpaired) electrons. The van der Waals surface area contributed by atoms with E-state index in [0.29, 0.717) is 16.0 Å². The number of aromatic amines is 1. The molecule has 1 atom stereocenters. The van der Waals surface area contributed by atoms with Gasteiger partial charge in [0, 0.05) is 11.5 Å². The van der Waals surface area contributed by atoms with Crippen LogP contribution in [0.1, 0.15) is 5.56 Å². The van der Waals surface area contributed by atoms with Crippen LogP contribution in [0.4, 0.5) is 5.95 Å². The molecule has 0 bridgehead atoms. The van der Waals surface area contributed by atoms with E-state index in [1.165, 1.54) is 22.4 Å². The first-order chi connectivity index (χ1) is 17.9. The van der Waals surface area contributed by atoms with E-state index in [2.05, 4.69) is 36.4 Å². The summed E-state index contributed by atoms with van der Waals surface area (Å²) in [5, 5.41) is 14.9. The largest absolute Gasteiger partial charge is 0.497 e. The van der Waals surface area contributed by atoms with Gasteiger partial charge in [0.05, 0.1) is 19.9 Å². The van der Waals surface area contributed by atoms with Crippen molar-refractivity contribution in [2.45, 2.75) is 12.6 Å². The average molecular weight is 569 g/mol. The molecule has 3 N–H and O–H groups in total. The Labute approximate surface area is 219 Å². The molecule has 11 nitrogen and oxygen atoms in total. The molecule has 12 heteroatoms. The molecule has 0 unspecified atom stereocenters. The van der Waals surface area contributed by atoms with E-state index in [1.54, 1.807) is 31.4 Å². The summed E-state index contributed by atoms with van der Waals surface area (Å²) >= 11 is 3.45. The molecule has 4 rings (SSSR count). The van der Waals surface area contributed by atoms with Crippen LogP contribution in [0.25, 0.3) is 17.2 Å². The Morgan fingerprint density at radius 1 is 1.19 bits per heavy atom. The van der Waals surface area contributed by atoms with Crippen molar-refractivity contribution in [2.24, 2.45) is 12.1 Å². The summed E-state index contributed by atoms with van der Waals surface area (Å²) < 4.78 is 14.2. The van der Waals surface area contributed by atoms with Crippen LogP contribution in [0.5, 0.6) is 11.5 Å². The number of fused-ring (bicyclic) bond motifs is 1. The number of hydrogen-bond acceptors (Lipinski definition) is 8. The number of aromatic nitrogens is 4. The van der Waals surface area contributed by atoms with Crippen molar-refractivity contribution in [2.75, 3.05) is 19.1 Å². The highest BCUT2D eigenvalue weighted by atomic mass is 79.9. The van der Waals surface area contributed by atoms with Gasteiger partial charge < -0.3 is 19.1 Å². The molecule has 0 spiro atoms. The Balaban J connectivity index is 1.56. The van der Waals surface area contributed by atoms with Gasteiger partial charge in [-0.3, -0.25) is 14.3 Å². The van der Waals surface area contributed by atoms with Crippen LogP contribution in [0.15, 0.2) is 73.8 Å². The number of nitrogens with zero attached hydrogens (tertiary/aromatic N) is 4. The number of rotatable bonds is 10. The number of imidazole rings is 1. The van der Waals surface area contributed by atoms with Crippen molar-refractivity contribution >= 4 is 45.3 Å². The summed E-state index contributed by atoms with van der Waals surface area (Å²) in [6.07, 6.45) is 2.40. The molecule has 2 aromatic carbocycles. The molecule has 0 fully saturated rings. The molecule has 0 saturated carbocycles. The number of aryl methyl sites for hydroxylation is 1. The SMILES string of the molecule is COc1ccc(OC[C@H](O)Cn2c(N/N=C\C(Br)=C\c3ccccc3)nc3c2c(=O)[nH]c(=O)n3C)cc1. The summed E-state index contributed by atoms with van der Waals surface area (Å²) in [7, 11) is 3.06. The fourth-order valence-electron chi connectivity index (χ4n) is 3.52.